The van der Waals surface area contributed by atoms with Gasteiger partial charge in [-0.2, -0.15) is 17.0 Å². The summed E-state index contributed by atoms with van der Waals surface area (Å²) in [5.41, 5.74) is 5.48. The Morgan fingerprint density at radius 3 is 2.69 bits per heavy atom. The predicted molar refractivity (Wildman–Crippen MR) is 57.5 cm³/mol. The first-order valence-corrected chi connectivity index (χ1v) is 5.99. The summed E-state index contributed by atoms with van der Waals surface area (Å²) in [6.07, 6.45) is 3.44. The van der Waals surface area contributed by atoms with Crippen LogP contribution in [-0.2, 0) is 0 Å². The normalized spacial score (nSPS) is 23.2. The van der Waals surface area contributed by atoms with Crippen molar-refractivity contribution in [2.75, 3.05) is 5.75 Å². The van der Waals surface area contributed by atoms with E-state index in [2.05, 4.69) is 19.9 Å². The Hall–Kier alpha value is -0.200. The molecule has 0 amide bonds. The lowest BCUT2D eigenvalue weighted by molar-refractivity contribution is 0.531. The van der Waals surface area contributed by atoms with E-state index in [1.165, 1.54) is 0 Å². The fourth-order valence-corrected chi connectivity index (χ4v) is 2.33. The van der Waals surface area contributed by atoms with Crippen LogP contribution in [0.1, 0.15) is 33.1 Å². The first-order chi connectivity index (χ1) is 6.12. The second kappa shape index (κ2) is 4.34. The molecule has 0 spiro atoms. The summed E-state index contributed by atoms with van der Waals surface area (Å²) >= 11 is 1.83. The quantitative estimate of drug-likeness (QED) is 0.736. The Labute approximate surface area is 84.9 Å². The molecule has 0 bridgehead atoms. The van der Waals surface area contributed by atoms with Gasteiger partial charge in [0.15, 0.2) is 0 Å². The Balaban J connectivity index is 2.36. The van der Waals surface area contributed by atoms with E-state index in [9.17, 15) is 0 Å². The molecule has 74 valence electrons. The van der Waals surface area contributed by atoms with Gasteiger partial charge >= 0.3 is 0 Å². The van der Waals surface area contributed by atoms with E-state index < -0.39 is 5.54 Å². The lowest BCUT2D eigenvalue weighted by atomic mass is 10.00. The van der Waals surface area contributed by atoms with Gasteiger partial charge in [-0.15, -0.1) is 0 Å². The van der Waals surface area contributed by atoms with Crippen LogP contribution in [0, 0.1) is 17.2 Å². The van der Waals surface area contributed by atoms with E-state index in [4.69, 9.17) is 11.0 Å². The number of nitrogens with zero attached hydrogens (tertiary/aromatic N) is 1. The zero-order valence-electron chi connectivity index (χ0n) is 8.42. The van der Waals surface area contributed by atoms with E-state index >= 15 is 0 Å². The van der Waals surface area contributed by atoms with Gasteiger partial charge in [-0.25, -0.2) is 0 Å². The molecule has 1 aliphatic carbocycles. The summed E-state index contributed by atoms with van der Waals surface area (Å²) in [5, 5.41) is 9.61. The molecule has 13 heavy (non-hydrogen) atoms. The highest BCUT2D eigenvalue weighted by Gasteiger charge is 2.42. The maximum atomic E-state index is 8.99. The smallest absolute Gasteiger partial charge is 0.116 e. The Bertz CT molecular complexity index is 207. The van der Waals surface area contributed by atoms with Crippen LogP contribution in [0.15, 0.2) is 0 Å². The summed E-state index contributed by atoms with van der Waals surface area (Å²) in [5.74, 6) is 1.26. The van der Waals surface area contributed by atoms with Gasteiger partial charge in [0.05, 0.1) is 6.07 Å². The molecule has 0 aromatic rings. The van der Waals surface area contributed by atoms with Gasteiger partial charge in [-0.3, -0.25) is 0 Å². The topological polar surface area (TPSA) is 49.8 Å². The second-order valence-electron chi connectivity index (χ2n) is 3.96. The Kier molecular flexibility index (Phi) is 3.63. The third-order valence-corrected chi connectivity index (χ3v) is 4.24. The third-order valence-electron chi connectivity index (χ3n) is 2.70. The van der Waals surface area contributed by atoms with Crippen LogP contribution in [0.25, 0.3) is 0 Å². The van der Waals surface area contributed by atoms with Gasteiger partial charge in [0.25, 0.3) is 0 Å². The predicted octanol–water partition coefficient (Wildman–Crippen LogP) is 2.15. The average molecular weight is 198 g/mol. The number of hydrogen-bond acceptors (Lipinski definition) is 3. The lowest BCUT2D eigenvalue weighted by Gasteiger charge is -2.22. The molecule has 2 atom stereocenters. The van der Waals surface area contributed by atoms with Crippen molar-refractivity contribution in [2.45, 2.75) is 43.9 Å². The zero-order chi connectivity index (χ0) is 9.90. The van der Waals surface area contributed by atoms with Crippen molar-refractivity contribution in [1.29, 1.82) is 5.26 Å². The van der Waals surface area contributed by atoms with Crippen molar-refractivity contribution in [1.82, 2.24) is 0 Å². The van der Waals surface area contributed by atoms with Gasteiger partial charge in [0, 0.05) is 11.0 Å². The van der Waals surface area contributed by atoms with E-state index in [1.54, 1.807) is 0 Å². The SMILES string of the molecule is CCC(C)SCC(N)(C#N)C1CC1. The molecular weight excluding hydrogens is 180 g/mol. The summed E-state index contributed by atoms with van der Waals surface area (Å²) in [6, 6.07) is 2.28. The molecular formula is C10H18N2S. The highest BCUT2D eigenvalue weighted by atomic mass is 32.2. The lowest BCUT2D eigenvalue weighted by Crippen LogP contribution is -2.43. The van der Waals surface area contributed by atoms with Gasteiger partial charge < -0.3 is 5.73 Å². The largest absolute Gasteiger partial charge is 0.312 e. The van der Waals surface area contributed by atoms with Crippen molar-refractivity contribution in [2.24, 2.45) is 11.7 Å². The number of rotatable bonds is 5. The van der Waals surface area contributed by atoms with E-state index in [0.29, 0.717) is 11.2 Å². The molecule has 2 N–H and O–H groups in total. The van der Waals surface area contributed by atoms with E-state index in [1.807, 2.05) is 11.8 Å². The monoisotopic (exact) mass is 198 g/mol. The molecule has 0 aromatic heterocycles. The van der Waals surface area contributed by atoms with Gasteiger partial charge in [0.1, 0.15) is 5.54 Å². The van der Waals surface area contributed by atoms with E-state index in [0.717, 1.165) is 25.0 Å². The van der Waals surface area contributed by atoms with E-state index in [-0.39, 0.29) is 0 Å². The molecule has 0 radical (unpaired) electrons. The summed E-state index contributed by atoms with van der Waals surface area (Å²) < 4.78 is 0. The molecule has 0 aliphatic heterocycles. The number of hydrogen-bond donors (Lipinski definition) is 1. The van der Waals surface area contributed by atoms with Crippen LogP contribution in [0.5, 0.6) is 0 Å². The van der Waals surface area contributed by atoms with Crippen LogP contribution < -0.4 is 5.73 Å². The highest BCUT2D eigenvalue weighted by molar-refractivity contribution is 7.99. The molecule has 1 rings (SSSR count). The first kappa shape index (κ1) is 10.9. The molecule has 1 aliphatic rings. The molecule has 0 heterocycles. The number of nitriles is 1. The summed E-state index contributed by atoms with van der Waals surface area (Å²) in [6.45, 7) is 4.36. The van der Waals surface area contributed by atoms with Crippen LogP contribution >= 0.6 is 11.8 Å². The van der Waals surface area contributed by atoms with Crippen molar-refractivity contribution >= 4 is 11.8 Å². The van der Waals surface area contributed by atoms with Gasteiger partial charge in [-0.1, -0.05) is 13.8 Å². The average Bonchev–Trinajstić information content (AvgIpc) is 2.96. The second-order valence-corrected chi connectivity index (χ2v) is 5.38. The molecule has 0 saturated heterocycles. The van der Waals surface area contributed by atoms with Crippen molar-refractivity contribution in [3.8, 4) is 6.07 Å². The van der Waals surface area contributed by atoms with Crippen LogP contribution in [0.4, 0.5) is 0 Å². The molecule has 3 heteroatoms. The first-order valence-electron chi connectivity index (χ1n) is 4.94. The minimum Gasteiger partial charge on any atom is -0.312 e. The summed E-state index contributed by atoms with van der Waals surface area (Å²) in [4.78, 5) is 0. The van der Waals surface area contributed by atoms with Crippen molar-refractivity contribution in [3.63, 3.8) is 0 Å². The Morgan fingerprint density at radius 2 is 2.31 bits per heavy atom. The minimum absolute atomic E-state index is 0.467. The molecule has 2 nitrogen and oxygen atoms in total. The fraction of sp³-hybridized carbons (Fsp3) is 0.900. The highest BCUT2D eigenvalue weighted by Crippen LogP contribution is 2.40. The maximum Gasteiger partial charge on any atom is 0.116 e. The van der Waals surface area contributed by atoms with Gasteiger partial charge in [-0.05, 0) is 25.2 Å². The minimum atomic E-state index is -0.548. The standard InChI is InChI=1S/C10H18N2S/c1-3-8(2)13-7-10(12,6-11)9-4-5-9/h8-9H,3-5,7,12H2,1-2H3. The maximum absolute atomic E-state index is 8.99. The molecule has 0 aromatic carbocycles. The third kappa shape index (κ3) is 2.89. The fourth-order valence-electron chi connectivity index (χ4n) is 1.24. The Morgan fingerprint density at radius 1 is 1.69 bits per heavy atom. The van der Waals surface area contributed by atoms with Gasteiger partial charge in [0.2, 0.25) is 0 Å². The van der Waals surface area contributed by atoms with Crippen molar-refractivity contribution < 1.29 is 0 Å². The summed E-state index contributed by atoms with van der Waals surface area (Å²) in [7, 11) is 0. The number of nitrogens with two attached hydrogens (primary N) is 1. The molecule has 1 fully saturated rings. The molecule has 2 unspecified atom stereocenters. The van der Waals surface area contributed by atoms with Crippen LogP contribution in [0.2, 0.25) is 0 Å². The van der Waals surface area contributed by atoms with Crippen LogP contribution in [-0.4, -0.2) is 16.5 Å². The molecule has 1 saturated carbocycles. The van der Waals surface area contributed by atoms with Crippen molar-refractivity contribution in [3.05, 3.63) is 0 Å². The van der Waals surface area contributed by atoms with Crippen LogP contribution in [0.3, 0.4) is 0 Å². The zero-order valence-corrected chi connectivity index (χ0v) is 9.23. The number of thioether (sulfide) groups is 1.